The van der Waals surface area contributed by atoms with Crippen LogP contribution in [0.15, 0.2) is 41.5 Å². The van der Waals surface area contributed by atoms with E-state index in [0.717, 1.165) is 11.6 Å². The molecule has 0 saturated carbocycles. The van der Waals surface area contributed by atoms with Crippen LogP contribution in [0.4, 0.5) is 5.69 Å². The number of hydrazone groups is 1. The van der Waals surface area contributed by atoms with Crippen LogP contribution in [0, 0.1) is 10.1 Å². The van der Waals surface area contributed by atoms with Crippen molar-refractivity contribution in [3.8, 4) is 11.5 Å². The predicted octanol–water partition coefficient (Wildman–Crippen LogP) is 3.81. The van der Waals surface area contributed by atoms with E-state index in [2.05, 4.69) is 10.5 Å². The molecule has 2 aromatic rings. The van der Waals surface area contributed by atoms with E-state index in [1.54, 1.807) is 18.2 Å². The maximum absolute atomic E-state index is 12.3. The Bertz CT molecular complexity index is 899. The first-order valence-electron chi connectivity index (χ1n) is 7.94. The number of ether oxygens (including phenoxy) is 2. The number of amides is 1. The summed E-state index contributed by atoms with van der Waals surface area (Å²) in [6.45, 7) is 1.88. The van der Waals surface area contributed by atoms with Gasteiger partial charge in [-0.05, 0) is 36.8 Å². The van der Waals surface area contributed by atoms with Crippen LogP contribution in [0.1, 0.15) is 29.3 Å². The van der Waals surface area contributed by atoms with Gasteiger partial charge in [0.1, 0.15) is 5.02 Å². The number of hydrogen-bond donors (Lipinski definition) is 1. The fourth-order valence-electron chi connectivity index (χ4n) is 2.34. The van der Waals surface area contributed by atoms with Crippen molar-refractivity contribution in [2.75, 3.05) is 14.2 Å². The molecule has 0 unspecified atom stereocenters. The minimum absolute atomic E-state index is 0.0420. The smallest absolute Gasteiger partial charge is 0.288 e. The molecular formula is C18H18ClN3O5. The largest absolute Gasteiger partial charge is 0.493 e. The number of carbonyl (C=O) groups is 1. The van der Waals surface area contributed by atoms with Crippen LogP contribution in [0.3, 0.4) is 0 Å². The molecule has 0 aliphatic heterocycles. The molecule has 0 aromatic heterocycles. The van der Waals surface area contributed by atoms with E-state index in [-0.39, 0.29) is 16.3 Å². The molecule has 142 valence electrons. The number of carbonyl (C=O) groups excluding carboxylic acids is 1. The van der Waals surface area contributed by atoms with Gasteiger partial charge in [-0.2, -0.15) is 5.10 Å². The number of nitro groups is 1. The van der Waals surface area contributed by atoms with Crippen molar-refractivity contribution in [2.24, 2.45) is 5.10 Å². The normalized spacial score (nSPS) is 11.0. The maximum Gasteiger partial charge on any atom is 0.288 e. The first-order valence-corrected chi connectivity index (χ1v) is 8.32. The van der Waals surface area contributed by atoms with Crippen molar-refractivity contribution in [3.05, 3.63) is 62.7 Å². The lowest BCUT2D eigenvalue weighted by Gasteiger charge is -2.10. The lowest BCUT2D eigenvalue weighted by molar-refractivity contribution is -0.384. The Morgan fingerprint density at radius 3 is 2.41 bits per heavy atom. The van der Waals surface area contributed by atoms with E-state index in [9.17, 15) is 14.9 Å². The summed E-state index contributed by atoms with van der Waals surface area (Å²) >= 11 is 5.76. The number of benzene rings is 2. The van der Waals surface area contributed by atoms with E-state index in [1.165, 1.54) is 26.4 Å². The lowest BCUT2D eigenvalue weighted by Crippen LogP contribution is -2.20. The molecule has 27 heavy (non-hydrogen) atoms. The van der Waals surface area contributed by atoms with E-state index >= 15 is 0 Å². The number of nitrogens with zero attached hydrogens (tertiary/aromatic N) is 2. The van der Waals surface area contributed by atoms with Crippen LogP contribution < -0.4 is 14.9 Å². The Morgan fingerprint density at radius 2 is 1.81 bits per heavy atom. The molecule has 0 bridgehead atoms. The molecule has 8 nitrogen and oxygen atoms in total. The van der Waals surface area contributed by atoms with Crippen molar-refractivity contribution >= 4 is 28.9 Å². The molecule has 0 heterocycles. The van der Waals surface area contributed by atoms with Crippen LogP contribution in [-0.4, -0.2) is 30.8 Å². The van der Waals surface area contributed by atoms with Gasteiger partial charge in [0.15, 0.2) is 11.5 Å². The SMILES string of the molecule is CC/C(=N/NC(=O)c1ccc(Cl)c([N+](=O)[O-])c1)c1ccc(OC)c(OC)c1. The zero-order valence-corrected chi connectivity index (χ0v) is 15.7. The van der Waals surface area contributed by atoms with Gasteiger partial charge in [0, 0.05) is 17.2 Å². The first kappa shape index (κ1) is 20.2. The van der Waals surface area contributed by atoms with Crippen molar-refractivity contribution in [3.63, 3.8) is 0 Å². The average molecular weight is 392 g/mol. The van der Waals surface area contributed by atoms with Gasteiger partial charge in [-0.3, -0.25) is 14.9 Å². The number of nitrogens with one attached hydrogen (secondary N) is 1. The number of methoxy groups -OCH3 is 2. The first-order chi connectivity index (χ1) is 12.9. The molecule has 2 aromatic carbocycles. The molecule has 0 radical (unpaired) electrons. The Kier molecular flexibility index (Phi) is 6.73. The summed E-state index contributed by atoms with van der Waals surface area (Å²) in [4.78, 5) is 22.6. The fraction of sp³-hybridized carbons (Fsp3) is 0.222. The summed E-state index contributed by atoms with van der Waals surface area (Å²) in [5.41, 5.74) is 3.50. The topological polar surface area (TPSA) is 103 Å². The van der Waals surface area contributed by atoms with Gasteiger partial charge < -0.3 is 9.47 Å². The molecule has 0 saturated heterocycles. The zero-order valence-electron chi connectivity index (χ0n) is 15.0. The Hall–Kier alpha value is -3.13. The van der Waals surface area contributed by atoms with E-state index < -0.39 is 10.8 Å². The molecule has 1 amide bonds. The molecule has 0 fully saturated rings. The van der Waals surface area contributed by atoms with Crippen LogP contribution in [-0.2, 0) is 0 Å². The second kappa shape index (κ2) is 9.00. The fourth-order valence-corrected chi connectivity index (χ4v) is 2.53. The summed E-state index contributed by atoms with van der Waals surface area (Å²) in [6.07, 6.45) is 0.538. The summed E-state index contributed by atoms with van der Waals surface area (Å²) in [5.74, 6) is 0.534. The third-order valence-corrected chi connectivity index (χ3v) is 4.07. The Labute approximate surface area is 160 Å². The van der Waals surface area contributed by atoms with Crippen molar-refractivity contribution in [1.29, 1.82) is 0 Å². The standard InChI is InChI=1S/C18H18ClN3O5/c1-4-14(11-6-8-16(26-2)17(10-11)27-3)20-21-18(23)12-5-7-13(19)15(9-12)22(24)25/h5-10H,4H2,1-3H3,(H,21,23)/b20-14-. The number of halogens is 1. The van der Waals surface area contributed by atoms with Crippen LogP contribution in [0.5, 0.6) is 11.5 Å². The highest BCUT2D eigenvalue weighted by molar-refractivity contribution is 6.32. The van der Waals surface area contributed by atoms with Gasteiger partial charge in [0.05, 0.1) is 24.9 Å². The number of rotatable bonds is 7. The highest BCUT2D eigenvalue weighted by Crippen LogP contribution is 2.28. The monoisotopic (exact) mass is 391 g/mol. The van der Waals surface area contributed by atoms with Gasteiger partial charge in [0.2, 0.25) is 0 Å². The molecule has 1 N–H and O–H groups in total. The quantitative estimate of drug-likeness (QED) is 0.439. The van der Waals surface area contributed by atoms with Crippen LogP contribution in [0.2, 0.25) is 5.02 Å². The van der Waals surface area contributed by atoms with E-state index in [4.69, 9.17) is 21.1 Å². The minimum atomic E-state index is -0.649. The van der Waals surface area contributed by atoms with E-state index in [1.807, 2.05) is 6.92 Å². The van der Waals surface area contributed by atoms with Gasteiger partial charge in [-0.15, -0.1) is 0 Å². The summed E-state index contributed by atoms with van der Waals surface area (Å²) < 4.78 is 10.5. The summed E-state index contributed by atoms with van der Waals surface area (Å²) in [5, 5.41) is 15.0. The van der Waals surface area contributed by atoms with E-state index in [0.29, 0.717) is 23.6 Å². The molecule has 0 atom stereocenters. The van der Waals surface area contributed by atoms with Gasteiger partial charge in [-0.25, -0.2) is 5.43 Å². The third kappa shape index (κ3) is 4.73. The van der Waals surface area contributed by atoms with Gasteiger partial charge >= 0.3 is 0 Å². The Balaban J connectivity index is 2.25. The third-order valence-electron chi connectivity index (χ3n) is 3.75. The average Bonchev–Trinajstić information content (AvgIpc) is 2.68. The minimum Gasteiger partial charge on any atom is -0.493 e. The highest BCUT2D eigenvalue weighted by Gasteiger charge is 2.16. The molecular weight excluding hydrogens is 374 g/mol. The van der Waals surface area contributed by atoms with Crippen LogP contribution in [0.25, 0.3) is 0 Å². The Morgan fingerprint density at radius 1 is 1.15 bits per heavy atom. The molecule has 0 aliphatic rings. The lowest BCUT2D eigenvalue weighted by atomic mass is 10.1. The van der Waals surface area contributed by atoms with Crippen molar-refractivity contribution < 1.29 is 19.2 Å². The number of nitro benzene ring substituents is 1. The predicted molar refractivity (Wildman–Crippen MR) is 102 cm³/mol. The summed E-state index contributed by atoms with van der Waals surface area (Å²) in [7, 11) is 3.07. The van der Waals surface area contributed by atoms with Crippen molar-refractivity contribution in [2.45, 2.75) is 13.3 Å². The zero-order chi connectivity index (χ0) is 20.0. The van der Waals surface area contributed by atoms with Gasteiger partial charge in [0.25, 0.3) is 11.6 Å². The molecule has 9 heteroatoms. The molecule has 0 aliphatic carbocycles. The van der Waals surface area contributed by atoms with Crippen LogP contribution >= 0.6 is 11.6 Å². The molecule has 2 rings (SSSR count). The second-order valence-corrected chi connectivity index (χ2v) is 5.75. The highest BCUT2D eigenvalue weighted by atomic mass is 35.5. The number of hydrogen-bond acceptors (Lipinski definition) is 6. The van der Waals surface area contributed by atoms with Gasteiger partial charge in [-0.1, -0.05) is 18.5 Å². The second-order valence-electron chi connectivity index (χ2n) is 5.35. The summed E-state index contributed by atoms with van der Waals surface area (Å²) in [6, 6.07) is 9.08. The maximum atomic E-state index is 12.3. The van der Waals surface area contributed by atoms with Crippen molar-refractivity contribution in [1.82, 2.24) is 5.43 Å². The molecule has 0 spiro atoms.